The SMILES string of the molecule is Cc1cccc(-c2ccc3c(C#N)c(O)c(C(=O)CCC(=O)O)nc3c2)c1F. The van der Waals surface area contributed by atoms with Crippen molar-refractivity contribution in [2.24, 2.45) is 0 Å². The second-order valence-corrected chi connectivity index (χ2v) is 6.28. The molecule has 0 atom stereocenters. The number of fused-ring (bicyclic) bond motifs is 1. The van der Waals surface area contributed by atoms with Gasteiger partial charge in [-0.3, -0.25) is 9.59 Å². The molecular formula is C21H15FN2O4. The van der Waals surface area contributed by atoms with Gasteiger partial charge in [-0.25, -0.2) is 9.37 Å². The lowest BCUT2D eigenvalue weighted by Crippen LogP contribution is -2.07. The summed E-state index contributed by atoms with van der Waals surface area (Å²) in [4.78, 5) is 27.1. The Bertz CT molecular complexity index is 1170. The third kappa shape index (κ3) is 3.40. The molecule has 0 unspecified atom stereocenters. The lowest BCUT2D eigenvalue weighted by Gasteiger charge is -2.10. The molecule has 0 amide bonds. The van der Waals surface area contributed by atoms with Gasteiger partial charge in [-0.2, -0.15) is 5.26 Å². The summed E-state index contributed by atoms with van der Waals surface area (Å²) in [6.45, 7) is 1.64. The Hall–Kier alpha value is -3.79. The second kappa shape index (κ2) is 7.45. The van der Waals surface area contributed by atoms with Crippen LogP contribution < -0.4 is 0 Å². The van der Waals surface area contributed by atoms with Crippen LogP contribution >= 0.6 is 0 Å². The standard InChI is InChI=1S/C21H15FN2O4/c1-11-3-2-4-13(19(11)22)12-5-6-14-15(10-23)21(28)20(24-16(14)9-12)17(25)7-8-18(26)27/h2-6,9,28H,7-8H2,1H3,(H,26,27). The van der Waals surface area contributed by atoms with E-state index >= 15 is 0 Å². The van der Waals surface area contributed by atoms with Crippen LogP contribution in [0.3, 0.4) is 0 Å². The summed E-state index contributed by atoms with van der Waals surface area (Å²) in [5.74, 6) is -2.82. The van der Waals surface area contributed by atoms with E-state index in [1.807, 2.05) is 6.07 Å². The molecule has 6 nitrogen and oxygen atoms in total. The number of ketones is 1. The lowest BCUT2D eigenvalue weighted by molar-refractivity contribution is -0.136. The number of rotatable bonds is 5. The molecule has 0 spiro atoms. The highest BCUT2D eigenvalue weighted by molar-refractivity contribution is 6.02. The van der Waals surface area contributed by atoms with Crippen LogP contribution in [0.15, 0.2) is 36.4 Å². The Morgan fingerprint density at radius 3 is 2.64 bits per heavy atom. The van der Waals surface area contributed by atoms with Crippen molar-refractivity contribution in [3.05, 3.63) is 59.0 Å². The van der Waals surface area contributed by atoms with E-state index in [0.29, 0.717) is 22.1 Å². The monoisotopic (exact) mass is 378 g/mol. The zero-order valence-electron chi connectivity index (χ0n) is 14.9. The molecule has 28 heavy (non-hydrogen) atoms. The van der Waals surface area contributed by atoms with Gasteiger partial charge in [0.15, 0.2) is 11.5 Å². The van der Waals surface area contributed by atoms with Crippen molar-refractivity contribution in [2.75, 3.05) is 0 Å². The lowest BCUT2D eigenvalue weighted by atomic mass is 9.98. The highest BCUT2D eigenvalue weighted by atomic mass is 19.1. The molecule has 1 heterocycles. The van der Waals surface area contributed by atoms with Gasteiger partial charge < -0.3 is 10.2 Å². The molecule has 1 aromatic heterocycles. The van der Waals surface area contributed by atoms with E-state index in [1.54, 1.807) is 31.2 Å². The van der Waals surface area contributed by atoms with Crippen LogP contribution in [0.5, 0.6) is 5.75 Å². The molecule has 0 saturated heterocycles. The Morgan fingerprint density at radius 1 is 1.21 bits per heavy atom. The molecule has 2 aromatic carbocycles. The number of pyridine rings is 1. The Kier molecular flexibility index (Phi) is 5.05. The number of aliphatic carboxylic acids is 1. The largest absolute Gasteiger partial charge is 0.504 e. The number of Topliss-reactive ketones (excluding diaryl/α,β-unsaturated/α-hetero) is 1. The first-order chi connectivity index (χ1) is 13.3. The number of aryl methyl sites for hydroxylation is 1. The highest BCUT2D eigenvalue weighted by Gasteiger charge is 2.21. The van der Waals surface area contributed by atoms with E-state index in [9.17, 15) is 24.3 Å². The van der Waals surface area contributed by atoms with Crippen LogP contribution in [-0.2, 0) is 4.79 Å². The van der Waals surface area contributed by atoms with E-state index in [2.05, 4.69) is 4.98 Å². The van der Waals surface area contributed by atoms with Crippen molar-refractivity contribution in [1.29, 1.82) is 5.26 Å². The number of hydrogen-bond donors (Lipinski definition) is 2. The number of carboxylic acids is 1. The molecule has 0 aliphatic carbocycles. The van der Waals surface area contributed by atoms with E-state index in [1.165, 1.54) is 12.1 Å². The van der Waals surface area contributed by atoms with Crippen LogP contribution in [-0.4, -0.2) is 26.9 Å². The summed E-state index contributed by atoms with van der Waals surface area (Å²) in [6, 6.07) is 11.5. The molecule has 140 valence electrons. The number of benzene rings is 2. The van der Waals surface area contributed by atoms with Crippen molar-refractivity contribution < 1.29 is 24.2 Å². The quantitative estimate of drug-likeness (QED) is 0.650. The van der Waals surface area contributed by atoms with Gasteiger partial charge in [0.25, 0.3) is 0 Å². The Balaban J connectivity index is 2.18. The van der Waals surface area contributed by atoms with Crippen molar-refractivity contribution in [3.63, 3.8) is 0 Å². The van der Waals surface area contributed by atoms with Crippen molar-refractivity contribution in [3.8, 4) is 22.9 Å². The van der Waals surface area contributed by atoms with Crippen LogP contribution in [0.25, 0.3) is 22.0 Å². The topological polar surface area (TPSA) is 111 Å². The first-order valence-corrected chi connectivity index (χ1v) is 8.40. The fraction of sp³-hybridized carbons (Fsp3) is 0.143. The molecular weight excluding hydrogens is 363 g/mol. The van der Waals surface area contributed by atoms with Gasteiger partial charge in [0, 0.05) is 17.4 Å². The first-order valence-electron chi connectivity index (χ1n) is 8.40. The van der Waals surface area contributed by atoms with E-state index in [4.69, 9.17) is 5.11 Å². The van der Waals surface area contributed by atoms with Gasteiger partial charge in [-0.1, -0.05) is 30.3 Å². The Labute approximate surface area is 159 Å². The normalized spacial score (nSPS) is 10.6. The molecule has 3 rings (SSSR count). The molecule has 0 bridgehead atoms. The van der Waals surface area contributed by atoms with Crippen LogP contribution in [0.1, 0.15) is 34.5 Å². The smallest absolute Gasteiger partial charge is 0.303 e. The van der Waals surface area contributed by atoms with Crippen LogP contribution in [0.2, 0.25) is 0 Å². The number of carboxylic acid groups (broad SMARTS) is 1. The molecule has 0 radical (unpaired) electrons. The highest BCUT2D eigenvalue weighted by Crippen LogP contribution is 2.33. The maximum absolute atomic E-state index is 14.5. The number of aromatic hydroxyl groups is 1. The van der Waals surface area contributed by atoms with E-state index in [-0.39, 0.29) is 29.0 Å². The number of carbonyl (C=O) groups is 2. The molecule has 0 saturated carbocycles. The van der Waals surface area contributed by atoms with Crippen molar-refractivity contribution in [1.82, 2.24) is 4.98 Å². The molecule has 3 aromatic rings. The van der Waals surface area contributed by atoms with Crippen LogP contribution in [0.4, 0.5) is 4.39 Å². The molecule has 7 heteroatoms. The minimum Gasteiger partial charge on any atom is -0.504 e. The van der Waals surface area contributed by atoms with E-state index in [0.717, 1.165) is 0 Å². The van der Waals surface area contributed by atoms with Gasteiger partial charge in [0.2, 0.25) is 0 Å². The molecule has 0 aliphatic rings. The zero-order chi connectivity index (χ0) is 20.4. The molecule has 0 fully saturated rings. The molecule has 0 aliphatic heterocycles. The fourth-order valence-electron chi connectivity index (χ4n) is 2.94. The Morgan fingerprint density at radius 2 is 1.96 bits per heavy atom. The zero-order valence-corrected chi connectivity index (χ0v) is 14.9. The third-order valence-electron chi connectivity index (χ3n) is 4.41. The van der Waals surface area contributed by atoms with E-state index < -0.39 is 23.9 Å². The second-order valence-electron chi connectivity index (χ2n) is 6.28. The first kappa shape index (κ1) is 19.0. The van der Waals surface area contributed by atoms with Crippen molar-refractivity contribution in [2.45, 2.75) is 19.8 Å². The number of carbonyl (C=O) groups excluding carboxylic acids is 1. The fourth-order valence-corrected chi connectivity index (χ4v) is 2.94. The third-order valence-corrected chi connectivity index (χ3v) is 4.41. The number of hydrogen-bond acceptors (Lipinski definition) is 5. The summed E-state index contributed by atoms with van der Waals surface area (Å²) < 4.78 is 14.5. The van der Waals surface area contributed by atoms with Crippen LogP contribution in [0, 0.1) is 24.1 Å². The number of nitrogens with zero attached hydrogens (tertiary/aromatic N) is 2. The summed E-state index contributed by atoms with van der Waals surface area (Å²) in [7, 11) is 0. The maximum atomic E-state index is 14.5. The summed E-state index contributed by atoms with van der Waals surface area (Å²) in [5.41, 5.74) is 1.03. The predicted molar refractivity (Wildman–Crippen MR) is 99.5 cm³/mol. The van der Waals surface area contributed by atoms with Gasteiger partial charge in [-0.05, 0) is 24.1 Å². The molecule has 2 N–H and O–H groups in total. The minimum absolute atomic E-state index is 0.139. The minimum atomic E-state index is -1.16. The van der Waals surface area contributed by atoms with Gasteiger partial charge in [-0.15, -0.1) is 0 Å². The number of aromatic nitrogens is 1. The number of halogens is 1. The number of nitriles is 1. The van der Waals surface area contributed by atoms with Gasteiger partial charge in [0.1, 0.15) is 23.1 Å². The van der Waals surface area contributed by atoms with Gasteiger partial charge >= 0.3 is 5.97 Å². The average molecular weight is 378 g/mol. The maximum Gasteiger partial charge on any atom is 0.303 e. The van der Waals surface area contributed by atoms with Crippen molar-refractivity contribution >= 4 is 22.7 Å². The average Bonchev–Trinajstić information content (AvgIpc) is 2.67. The summed E-state index contributed by atoms with van der Waals surface area (Å²) in [6.07, 6.45) is -0.785. The van der Waals surface area contributed by atoms with Gasteiger partial charge in [0.05, 0.1) is 11.9 Å². The summed E-state index contributed by atoms with van der Waals surface area (Å²) >= 11 is 0. The predicted octanol–water partition coefficient (Wildman–Crippen LogP) is 3.97. The summed E-state index contributed by atoms with van der Waals surface area (Å²) in [5, 5.41) is 28.7.